The molecule has 0 aromatic rings. The predicted octanol–water partition coefficient (Wildman–Crippen LogP) is -0.761. The van der Waals surface area contributed by atoms with Crippen LogP contribution in [0.4, 0.5) is 24.0 Å². The zero-order valence-electron chi connectivity index (χ0n) is 10.3. The third-order valence-electron chi connectivity index (χ3n) is 0.726. The lowest BCUT2D eigenvalue weighted by Gasteiger charge is -2.09. The van der Waals surface area contributed by atoms with Crippen molar-refractivity contribution >= 4 is 51.4 Å². The van der Waals surface area contributed by atoms with Crippen molar-refractivity contribution in [3.63, 3.8) is 0 Å². The molecule has 10 N–H and O–H groups in total. The molecule has 0 aromatic heterocycles. The van der Waals surface area contributed by atoms with Crippen LogP contribution < -0.4 is 28.7 Å². The number of amides is 5. The Morgan fingerprint density at radius 3 is 1.05 bits per heavy atom. The van der Waals surface area contributed by atoms with Gasteiger partial charge in [-0.2, -0.15) is 0 Å². The summed E-state index contributed by atoms with van der Waals surface area (Å²) in [5.41, 5.74) is 22.5. The van der Waals surface area contributed by atoms with Crippen molar-refractivity contribution in [2.75, 3.05) is 0 Å². The van der Waals surface area contributed by atoms with Crippen LogP contribution in [0.1, 0.15) is 0 Å². The second-order valence-corrected chi connectivity index (χ2v) is 3.79. The van der Waals surface area contributed by atoms with Crippen molar-refractivity contribution in [3.05, 3.63) is 0 Å². The molecule has 5 amide bonds. The molecule has 0 unspecified atom stereocenters. The smallest absolute Gasteiger partial charge is 0.358 e. The molecule has 0 saturated heterocycles. The van der Waals surface area contributed by atoms with Gasteiger partial charge in [-0.1, -0.05) is 0 Å². The highest BCUT2D eigenvalue weighted by atomic mass is 32.2. The molecule has 0 saturated carbocycles. The van der Waals surface area contributed by atoms with Crippen LogP contribution in [0.15, 0.2) is 0 Å². The van der Waals surface area contributed by atoms with Crippen molar-refractivity contribution in [1.29, 1.82) is 0 Å². The Labute approximate surface area is 127 Å². The first kappa shape index (κ1) is 21.4. The second-order valence-electron chi connectivity index (χ2n) is 2.33. The van der Waals surface area contributed by atoms with E-state index in [9.17, 15) is 24.0 Å². The van der Waals surface area contributed by atoms with Gasteiger partial charge in [0.1, 0.15) is 0 Å². The molecular formula is C5H10N5O10PS. The second kappa shape index (κ2) is 11.9. The molecule has 0 aromatic carbocycles. The lowest BCUT2D eigenvalue weighted by atomic mass is 11.3. The van der Waals surface area contributed by atoms with Crippen LogP contribution in [-0.2, 0) is 21.9 Å². The van der Waals surface area contributed by atoms with E-state index in [-0.39, 0.29) is 12.3 Å². The first-order valence-electron chi connectivity index (χ1n) is 4.37. The summed E-state index contributed by atoms with van der Waals surface area (Å²) in [5, 5.41) is 0. The van der Waals surface area contributed by atoms with E-state index in [1.165, 1.54) is 0 Å². The summed E-state index contributed by atoms with van der Waals surface area (Å²) in [6, 6.07) is 0. The molecule has 0 atom stereocenters. The number of carbonyl (C=O) groups is 5. The van der Waals surface area contributed by atoms with Crippen LogP contribution in [0.3, 0.4) is 0 Å². The summed E-state index contributed by atoms with van der Waals surface area (Å²) in [4.78, 5) is 49.8. The van der Waals surface area contributed by atoms with Gasteiger partial charge in [-0.3, -0.25) is 0 Å². The van der Waals surface area contributed by atoms with Crippen LogP contribution in [0.25, 0.3) is 0 Å². The Hall–Kier alpha value is -2.87. The molecular weight excluding hydrogens is 353 g/mol. The Balaban J connectivity index is 0. The van der Waals surface area contributed by atoms with E-state index in [4.69, 9.17) is 0 Å². The predicted molar refractivity (Wildman–Crippen MR) is 67.9 cm³/mol. The first-order chi connectivity index (χ1) is 10.0. The number of rotatable bonds is 5. The highest BCUT2D eigenvalue weighted by Gasteiger charge is 2.24. The summed E-state index contributed by atoms with van der Waals surface area (Å²) in [6.07, 6.45) is -6.00. The Kier molecular flexibility index (Phi) is 11.6. The Morgan fingerprint density at radius 1 is 0.591 bits per heavy atom. The maximum Gasteiger partial charge on any atom is 0.540 e. The van der Waals surface area contributed by atoms with Crippen molar-refractivity contribution in [2.24, 2.45) is 28.7 Å². The van der Waals surface area contributed by atoms with Crippen LogP contribution >= 0.6 is 20.9 Å². The fourth-order valence-corrected chi connectivity index (χ4v) is 1.08. The van der Waals surface area contributed by atoms with Gasteiger partial charge in [0, 0.05) is 0 Å². The van der Waals surface area contributed by atoms with Gasteiger partial charge in [-0.05, 0) is 0 Å². The van der Waals surface area contributed by atoms with Gasteiger partial charge in [0.2, 0.25) is 0 Å². The van der Waals surface area contributed by atoms with E-state index in [2.05, 4.69) is 50.6 Å². The third-order valence-corrected chi connectivity index (χ3v) is 2.18. The minimum atomic E-state index is -2.60. The van der Waals surface area contributed by atoms with Crippen molar-refractivity contribution in [3.8, 4) is 0 Å². The molecule has 17 heteroatoms. The molecule has 126 valence electrons. The van der Waals surface area contributed by atoms with Crippen LogP contribution in [-0.4, -0.2) is 30.5 Å². The molecule has 0 spiro atoms. The molecule has 0 fully saturated rings. The van der Waals surface area contributed by atoms with E-state index in [1.807, 2.05) is 0 Å². The molecule has 15 nitrogen and oxygen atoms in total. The summed E-state index contributed by atoms with van der Waals surface area (Å²) < 4.78 is 19.9. The largest absolute Gasteiger partial charge is 0.540 e. The zero-order chi connectivity index (χ0) is 17.7. The topological polar surface area (TPSA) is 262 Å². The summed E-state index contributed by atoms with van der Waals surface area (Å²) in [7, 11) is -2.60. The van der Waals surface area contributed by atoms with Gasteiger partial charge in [-0.25, -0.2) is 24.0 Å². The minimum absolute atomic E-state index is 0.120. The van der Waals surface area contributed by atoms with Gasteiger partial charge >= 0.3 is 51.4 Å². The van der Waals surface area contributed by atoms with Crippen molar-refractivity contribution in [2.45, 2.75) is 0 Å². The van der Waals surface area contributed by atoms with E-state index in [0.717, 1.165) is 0 Å². The Morgan fingerprint density at radius 2 is 0.864 bits per heavy atom. The fourth-order valence-electron chi connectivity index (χ4n) is 0.360. The monoisotopic (exact) mass is 363 g/mol. The van der Waals surface area contributed by atoms with Crippen LogP contribution in [0, 0.1) is 0 Å². The maximum absolute atomic E-state index is 10.1. The molecule has 0 aliphatic rings. The molecule has 0 heterocycles. The number of hydrogen-bond acceptors (Lipinski definition) is 11. The van der Waals surface area contributed by atoms with E-state index in [0.29, 0.717) is 0 Å². The number of nitrogens with two attached hydrogens (primary N) is 5. The van der Waals surface area contributed by atoms with E-state index in [1.54, 1.807) is 0 Å². The molecule has 0 radical (unpaired) electrons. The first-order valence-corrected chi connectivity index (χ1v) is 6.13. The average molecular weight is 363 g/mol. The Bertz CT molecular complexity index is 382. The van der Waals surface area contributed by atoms with Crippen LogP contribution in [0.5, 0.6) is 0 Å². The third kappa shape index (κ3) is 19.5. The van der Waals surface area contributed by atoms with Crippen molar-refractivity contribution < 1.29 is 45.9 Å². The van der Waals surface area contributed by atoms with Gasteiger partial charge in [-0.15, -0.1) is 0 Å². The standard InChI is InChI=1S/C3H6N3O6P.C2H4N2O4S/c4-1(7)10-13(11-2(5)8)12-3(6)9;3-1(5)7-9-8-2(4)6/h(H2,4,7)(H2,5,8)(H2,6,9);(H2,3,5)(H2,4,6). The highest BCUT2D eigenvalue weighted by molar-refractivity contribution is 7.90. The molecule has 22 heavy (non-hydrogen) atoms. The average Bonchev–Trinajstić information content (AvgIpc) is 2.25. The lowest BCUT2D eigenvalue weighted by Crippen LogP contribution is -2.19. The van der Waals surface area contributed by atoms with Gasteiger partial charge in [0.15, 0.2) is 0 Å². The quantitative estimate of drug-likeness (QED) is 0.299. The summed E-state index contributed by atoms with van der Waals surface area (Å²) in [5.74, 6) is 0. The number of primary amides is 5. The summed E-state index contributed by atoms with van der Waals surface area (Å²) in [6.45, 7) is 0. The fraction of sp³-hybridized carbons (Fsp3) is 0. The molecule has 0 aliphatic heterocycles. The molecule has 0 aliphatic carbocycles. The highest BCUT2D eigenvalue weighted by Crippen LogP contribution is 2.39. The minimum Gasteiger partial charge on any atom is -0.358 e. The zero-order valence-corrected chi connectivity index (χ0v) is 12.0. The van der Waals surface area contributed by atoms with Gasteiger partial charge < -0.3 is 50.6 Å². The van der Waals surface area contributed by atoms with Crippen molar-refractivity contribution in [1.82, 2.24) is 0 Å². The lowest BCUT2D eigenvalue weighted by molar-refractivity contribution is 0.170. The normalized spacial score (nSPS) is 8.59. The summed E-state index contributed by atoms with van der Waals surface area (Å²) >= 11 is 0.120. The van der Waals surface area contributed by atoms with Crippen LogP contribution in [0.2, 0.25) is 0 Å². The van der Waals surface area contributed by atoms with E-state index >= 15 is 0 Å². The SMILES string of the molecule is NC(=O)OP(OC(N)=O)OC(N)=O.NC(=O)OSOC(N)=O. The van der Waals surface area contributed by atoms with Gasteiger partial charge in [0.25, 0.3) is 0 Å². The van der Waals surface area contributed by atoms with Gasteiger partial charge in [0.05, 0.1) is 0 Å². The molecule has 0 rings (SSSR count). The molecule has 0 bridgehead atoms. The van der Waals surface area contributed by atoms with E-state index < -0.39 is 39.1 Å². The number of carbonyl (C=O) groups excluding carboxylic acids is 5. The number of hydrogen-bond donors (Lipinski definition) is 5. The maximum atomic E-state index is 10.1.